The van der Waals surface area contributed by atoms with Crippen LogP contribution < -0.4 is 0 Å². The molecule has 2 rings (SSSR count). The summed E-state index contributed by atoms with van der Waals surface area (Å²) in [7, 11) is 0. The fourth-order valence-corrected chi connectivity index (χ4v) is 2.21. The van der Waals surface area contributed by atoms with Crippen LogP contribution in [0.5, 0.6) is 0 Å². The molecule has 0 radical (unpaired) electrons. The molecule has 1 saturated carbocycles. The van der Waals surface area contributed by atoms with Gasteiger partial charge in [-0.2, -0.15) is 0 Å². The van der Waals surface area contributed by atoms with Crippen LogP contribution in [0.15, 0.2) is 18.7 Å². The zero-order valence-corrected chi connectivity index (χ0v) is 8.85. The number of aromatic nitrogens is 2. The number of Topliss-reactive ketones (excluding diaryl/α,β-unsaturated/α-hetero) is 1. The van der Waals surface area contributed by atoms with Crippen molar-refractivity contribution in [3.8, 4) is 0 Å². The van der Waals surface area contributed by atoms with E-state index in [1.807, 2.05) is 0 Å². The molecule has 1 aliphatic carbocycles. The first-order chi connectivity index (χ1) is 7.36. The van der Waals surface area contributed by atoms with Crippen LogP contribution >= 0.6 is 0 Å². The maximum absolute atomic E-state index is 11.8. The molecule has 1 heterocycles. The van der Waals surface area contributed by atoms with Crippen LogP contribution in [0.1, 0.15) is 48.9 Å². The number of rotatable bonds is 3. The van der Waals surface area contributed by atoms with E-state index in [1.54, 1.807) is 12.4 Å². The summed E-state index contributed by atoms with van der Waals surface area (Å²) in [5.74, 6) is 0.786. The first-order valence-corrected chi connectivity index (χ1v) is 5.64. The lowest BCUT2D eigenvalue weighted by Crippen LogP contribution is -2.12. The second kappa shape index (κ2) is 5.01. The van der Waals surface area contributed by atoms with Gasteiger partial charge in [-0.05, 0) is 5.92 Å². The normalized spacial score (nSPS) is 17.6. The summed E-state index contributed by atoms with van der Waals surface area (Å²) < 4.78 is 0. The lowest BCUT2D eigenvalue weighted by molar-refractivity contribution is 0.0949. The van der Waals surface area contributed by atoms with Gasteiger partial charge in [0.15, 0.2) is 5.78 Å². The highest BCUT2D eigenvalue weighted by molar-refractivity contribution is 5.95. The molecular weight excluding hydrogens is 188 g/mol. The first kappa shape index (κ1) is 10.3. The van der Waals surface area contributed by atoms with E-state index in [9.17, 15) is 4.79 Å². The van der Waals surface area contributed by atoms with E-state index in [1.165, 1.54) is 38.4 Å². The summed E-state index contributed by atoms with van der Waals surface area (Å²) in [5.41, 5.74) is 0.656. The largest absolute Gasteiger partial charge is 0.294 e. The number of carbonyl (C=O) groups excluding carboxylic acids is 1. The molecule has 0 spiro atoms. The van der Waals surface area contributed by atoms with Gasteiger partial charge in [0.2, 0.25) is 0 Å². The molecule has 0 saturated heterocycles. The van der Waals surface area contributed by atoms with Crippen molar-refractivity contribution in [2.45, 2.75) is 38.5 Å². The second-order valence-electron chi connectivity index (χ2n) is 4.26. The molecule has 3 nitrogen and oxygen atoms in total. The van der Waals surface area contributed by atoms with Gasteiger partial charge in [0, 0.05) is 18.8 Å². The quantitative estimate of drug-likeness (QED) is 0.711. The van der Waals surface area contributed by atoms with E-state index in [0.717, 1.165) is 0 Å². The van der Waals surface area contributed by atoms with Crippen molar-refractivity contribution < 1.29 is 4.79 Å². The van der Waals surface area contributed by atoms with Crippen LogP contribution in [0.4, 0.5) is 0 Å². The van der Waals surface area contributed by atoms with Crippen LogP contribution in [0.2, 0.25) is 0 Å². The Morgan fingerprint density at radius 3 is 2.53 bits per heavy atom. The van der Waals surface area contributed by atoms with E-state index < -0.39 is 0 Å². The van der Waals surface area contributed by atoms with Gasteiger partial charge in [0.1, 0.15) is 6.33 Å². The van der Waals surface area contributed by atoms with Gasteiger partial charge in [0.05, 0.1) is 5.56 Å². The minimum Gasteiger partial charge on any atom is -0.294 e. The van der Waals surface area contributed by atoms with E-state index in [-0.39, 0.29) is 5.78 Å². The van der Waals surface area contributed by atoms with Crippen molar-refractivity contribution in [3.05, 3.63) is 24.3 Å². The smallest absolute Gasteiger partial charge is 0.166 e. The average Bonchev–Trinajstić information content (AvgIpc) is 2.31. The standard InChI is InChI=1S/C12H16N2O/c15-12(11-7-13-9-14-8-11)6-10-4-2-1-3-5-10/h7-10H,1-6H2. The molecule has 1 aromatic rings. The fourth-order valence-electron chi connectivity index (χ4n) is 2.21. The molecule has 0 aromatic carbocycles. The molecule has 80 valence electrons. The van der Waals surface area contributed by atoms with Gasteiger partial charge in [0.25, 0.3) is 0 Å². The van der Waals surface area contributed by atoms with Gasteiger partial charge in [-0.1, -0.05) is 32.1 Å². The van der Waals surface area contributed by atoms with Crippen molar-refractivity contribution in [2.75, 3.05) is 0 Å². The van der Waals surface area contributed by atoms with Crippen molar-refractivity contribution >= 4 is 5.78 Å². The molecule has 1 aromatic heterocycles. The fraction of sp³-hybridized carbons (Fsp3) is 0.583. The van der Waals surface area contributed by atoms with Gasteiger partial charge in [-0.3, -0.25) is 4.79 Å². The summed E-state index contributed by atoms with van der Waals surface area (Å²) in [6.07, 6.45) is 11.7. The first-order valence-electron chi connectivity index (χ1n) is 5.64. The Hall–Kier alpha value is -1.25. The maximum atomic E-state index is 11.8. The zero-order chi connectivity index (χ0) is 10.5. The molecule has 0 aliphatic heterocycles. The summed E-state index contributed by atoms with van der Waals surface area (Å²) >= 11 is 0. The van der Waals surface area contributed by atoms with Crippen LogP contribution in [0.3, 0.4) is 0 Å². The maximum Gasteiger partial charge on any atom is 0.166 e. The highest BCUT2D eigenvalue weighted by Crippen LogP contribution is 2.27. The predicted octanol–water partition coefficient (Wildman–Crippen LogP) is 2.63. The average molecular weight is 204 g/mol. The second-order valence-corrected chi connectivity index (χ2v) is 4.26. The summed E-state index contributed by atoms with van der Waals surface area (Å²) in [6.45, 7) is 0. The summed E-state index contributed by atoms with van der Waals surface area (Å²) in [4.78, 5) is 19.6. The van der Waals surface area contributed by atoms with Gasteiger partial charge in [-0.25, -0.2) is 9.97 Å². The monoisotopic (exact) mass is 204 g/mol. The lowest BCUT2D eigenvalue weighted by atomic mass is 9.85. The molecule has 15 heavy (non-hydrogen) atoms. The minimum absolute atomic E-state index is 0.197. The Labute approximate surface area is 89.9 Å². The van der Waals surface area contributed by atoms with Crippen LogP contribution in [-0.4, -0.2) is 15.8 Å². The minimum atomic E-state index is 0.197. The van der Waals surface area contributed by atoms with Gasteiger partial charge >= 0.3 is 0 Å². The van der Waals surface area contributed by atoms with E-state index in [2.05, 4.69) is 9.97 Å². The van der Waals surface area contributed by atoms with E-state index in [4.69, 9.17) is 0 Å². The molecule has 0 bridgehead atoms. The van der Waals surface area contributed by atoms with Crippen molar-refractivity contribution in [3.63, 3.8) is 0 Å². The van der Waals surface area contributed by atoms with Crippen LogP contribution in [0.25, 0.3) is 0 Å². The highest BCUT2D eigenvalue weighted by atomic mass is 16.1. The summed E-state index contributed by atoms with van der Waals surface area (Å²) in [6, 6.07) is 0. The van der Waals surface area contributed by atoms with Gasteiger partial charge < -0.3 is 0 Å². The zero-order valence-electron chi connectivity index (χ0n) is 8.85. The molecule has 0 amide bonds. The molecule has 0 N–H and O–H groups in total. The van der Waals surface area contributed by atoms with Crippen molar-refractivity contribution in [1.82, 2.24) is 9.97 Å². The predicted molar refractivity (Wildman–Crippen MR) is 57.6 cm³/mol. The number of hydrogen-bond acceptors (Lipinski definition) is 3. The lowest BCUT2D eigenvalue weighted by Gasteiger charge is -2.20. The molecular formula is C12H16N2O. The number of hydrogen-bond donors (Lipinski definition) is 0. The van der Waals surface area contributed by atoms with Crippen LogP contribution in [0, 0.1) is 5.92 Å². The van der Waals surface area contributed by atoms with Gasteiger partial charge in [-0.15, -0.1) is 0 Å². The SMILES string of the molecule is O=C(CC1CCCCC1)c1cncnc1. The Kier molecular flexibility index (Phi) is 3.43. The van der Waals surface area contributed by atoms with Crippen molar-refractivity contribution in [1.29, 1.82) is 0 Å². The van der Waals surface area contributed by atoms with Crippen LogP contribution in [-0.2, 0) is 0 Å². The molecule has 0 unspecified atom stereocenters. The topological polar surface area (TPSA) is 42.9 Å². The number of nitrogens with zero attached hydrogens (tertiary/aromatic N) is 2. The molecule has 0 atom stereocenters. The van der Waals surface area contributed by atoms with E-state index >= 15 is 0 Å². The third-order valence-corrected chi connectivity index (χ3v) is 3.08. The third kappa shape index (κ3) is 2.85. The Balaban J connectivity index is 1.91. The number of ketones is 1. The summed E-state index contributed by atoms with van der Waals surface area (Å²) in [5, 5.41) is 0. The number of carbonyl (C=O) groups is 1. The molecule has 1 fully saturated rings. The molecule has 1 aliphatic rings. The Morgan fingerprint density at radius 1 is 1.20 bits per heavy atom. The highest BCUT2D eigenvalue weighted by Gasteiger charge is 2.17. The third-order valence-electron chi connectivity index (χ3n) is 3.08. The van der Waals surface area contributed by atoms with E-state index in [0.29, 0.717) is 17.9 Å². The Bertz CT molecular complexity index is 318. The Morgan fingerprint density at radius 2 is 1.87 bits per heavy atom. The van der Waals surface area contributed by atoms with Crippen molar-refractivity contribution in [2.24, 2.45) is 5.92 Å². The molecule has 3 heteroatoms.